The van der Waals surface area contributed by atoms with Crippen molar-refractivity contribution in [2.75, 3.05) is 13.1 Å². The van der Waals surface area contributed by atoms with E-state index in [0.717, 1.165) is 30.2 Å². The number of nitrogens with zero attached hydrogens (tertiary/aromatic N) is 3. The number of aliphatic imine (C=N–C) groups is 1. The van der Waals surface area contributed by atoms with E-state index in [1.807, 2.05) is 37.7 Å². The molecule has 1 unspecified atom stereocenters. The van der Waals surface area contributed by atoms with Crippen LogP contribution in [0.15, 0.2) is 23.2 Å². The topological polar surface area (TPSA) is 54.2 Å². The van der Waals surface area contributed by atoms with Crippen molar-refractivity contribution in [1.82, 2.24) is 20.4 Å². The molecule has 0 saturated carbocycles. The van der Waals surface area contributed by atoms with Gasteiger partial charge in [0.15, 0.2) is 5.96 Å². The average Bonchev–Trinajstić information content (AvgIpc) is 2.80. The summed E-state index contributed by atoms with van der Waals surface area (Å²) in [5.41, 5.74) is 4.51. The predicted octanol–water partition coefficient (Wildman–Crippen LogP) is 4.20. The summed E-state index contributed by atoms with van der Waals surface area (Å²) in [6.45, 7) is 9.71. The molecule has 2 aromatic rings. The normalized spacial score (nSPS) is 13.0. The summed E-state index contributed by atoms with van der Waals surface area (Å²) < 4.78 is 1.92. The Balaban J connectivity index is 2.06. The van der Waals surface area contributed by atoms with Crippen molar-refractivity contribution in [3.05, 3.63) is 50.8 Å². The molecule has 142 valence electrons. The maximum Gasteiger partial charge on any atom is 0.191 e. The Morgan fingerprint density at radius 3 is 2.62 bits per heavy atom. The number of guanidine groups is 1. The Hall–Kier alpha value is -1.72. The van der Waals surface area contributed by atoms with Crippen LogP contribution < -0.4 is 10.6 Å². The summed E-state index contributed by atoms with van der Waals surface area (Å²) in [6, 6.07) is 5.56. The summed E-state index contributed by atoms with van der Waals surface area (Å²) in [4.78, 5) is 4.70. The molecule has 0 fully saturated rings. The minimum atomic E-state index is 0.0134. The molecule has 1 atom stereocenters. The summed E-state index contributed by atoms with van der Waals surface area (Å²) in [7, 11) is 1.97. The third kappa shape index (κ3) is 5.15. The lowest BCUT2D eigenvalue weighted by atomic mass is 10.1. The van der Waals surface area contributed by atoms with Crippen LogP contribution >= 0.6 is 23.2 Å². The van der Waals surface area contributed by atoms with Gasteiger partial charge in [0.1, 0.15) is 0 Å². The number of rotatable bonds is 6. The molecule has 0 radical (unpaired) electrons. The number of aryl methyl sites for hydroxylation is 2. The van der Waals surface area contributed by atoms with Gasteiger partial charge < -0.3 is 10.6 Å². The Morgan fingerprint density at radius 1 is 1.31 bits per heavy atom. The van der Waals surface area contributed by atoms with E-state index in [4.69, 9.17) is 28.2 Å². The first-order valence-electron chi connectivity index (χ1n) is 8.82. The molecular formula is C19H27Cl2N5. The molecule has 26 heavy (non-hydrogen) atoms. The van der Waals surface area contributed by atoms with E-state index in [-0.39, 0.29) is 6.04 Å². The Labute approximate surface area is 165 Å². The molecule has 1 aromatic carbocycles. The van der Waals surface area contributed by atoms with Crippen LogP contribution in [0.5, 0.6) is 0 Å². The van der Waals surface area contributed by atoms with E-state index in [1.54, 1.807) is 6.07 Å². The molecule has 0 saturated heterocycles. The fraction of sp³-hybridized carbons (Fsp3) is 0.474. The Kier molecular flexibility index (Phi) is 7.35. The predicted molar refractivity (Wildman–Crippen MR) is 110 cm³/mol. The van der Waals surface area contributed by atoms with E-state index < -0.39 is 0 Å². The van der Waals surface area contributed by atoms with Gasteiger partial charge in [0, 0.05) is 35.9 Å². The molecular weight excluding hydrogens is 369 g/mol. The van der Waals surface area contributed by atoms with Crippen LogP contribution in [-0.2, 0) is 13.5 Å². The van der Waals surface area contributed by atoms with Gasteiger partial charge in [0.2, 0.25) is 0 Å². The van der Waals surface area contributed by atoms with Crippen LogP contribution in [-0.4, -0.2) is 28.8 Å². The molecule has 5 nitrogen and oxygen atoms in total. The minimum absolute atomic E-state index is 0.0134. The highest BCUT2D eigenvalue weighted by Gasteiger charge is 2.12. The van der Waals surface area contributed by atoms with Gasteiger partial charge in [-0.05, 0) is 57.4 Å². The molecule has 0 bridgehead atoms. The van der Waals surface area contributed by atoms with Gasteiger partial charge in [-0.1, -0.05) is 29.3 Å². The number of nitrogens with one attached hydrogen (secondary N) is 2. The van der Waals surface area contributed by atoms with Crippen molar-refractivity contribution in [2.45, 2.75) is 40.2 Å². The Bertz CT molecular complexity index is 782. The molecule has 0 amide bonds. The van der Waals surface area contributed by atoms with Crippen molar-refractivity contribution in [3.63, 3.8) is 0 Å². The fourth-order valence-electron chi connectivity index (χ4n) is 2.91. The molecule has 0 spiro atoms. The van der Waals surface area contributed by atoms with Crippen molar-refractivity contribution < 1.29 is 0 Å². The van der Waals surface area contributed by atoms with E-state index in [1.165, 1.54) is 11.3 Å². The summed E-state index contributed by atoms with van der Waals surface area (Å²) in [5.74, 6) is 0.769. The lowest BCUT2D eigenvalue weighted by molar-refractivity contribution is 0.686. The first kappa shape index (κ1) is 20.6. The summed E-state index contributed by atoms with van der Waals surface area (Å²) >= 11 is 12.3. The number of aromatic nitrogens is 2. The van der Waals surface area contributed by atoms with Crippen molar-refractivity contribution in [3.8, 4) is 0 Å². The van der Waals surface area contributed by atoms with Crippen LogP contribution in [0.1, 0.15) is 42.4 Å². The fourth-order valence-corrected chi connectivity index (χ4v) is 3.49. The SMILES string of the molecule is CCNC(=NCCc1c(C)nn(C)c1C)NC(C)c1ccc(Cl)cc1Cl. The van der Waals surface area contributed by atoms with E-state index >= 15 is 0 Å². The highest BCUT2D eigenvalue weighted by atomic mass is 35.5. The van der Waals surface area contributed by atoms with Crippen LogP contribution in [0.4, 0.5) is 0 Å². The quantitative estimate of drug-likeness (QED) is 0.568. The molecule has 2 N–H and O–H groups in total. The molecule has 1 heterocycles. The van der Waals surface area contributed by atoms with Crippen LogP contribution in [0.3, 0.4) is 0 Å². The lowest BCUT2D eigenvalue weighted by Gasteiger charge is -2.19. The second-order valence-electron chi connectivity index (χ2n) is 6.32. The lowest BCUT2D eigenvalue weighted by Crippen LogP contribution is -2.39. The average molecular weight is 396 g/mol. The van der Waals surface area contributed by atoms with Crippen molar-refractivity contribution in [1.29, 1.82) is 0 Å². The third-order valence-electron chi connectivity index (χ3n) is 4.42. The van der Waals surface area contributed by atoms with Crippen LogP contribution in [0, 0.1) is 13.8 Å². The molecule has 7 heteroatoms. The largest absolute Gasteiger partial charge is 0.357 e. The van der Waals surface area contributed by atoms with E-state index in [9.17, 15) is 0 Å². The number of benzene rings is 1. The minimum Gasteiger partial charge on any atom is -0.357 e. The first-order valence-corrected chi connectivity index (χ1v) is 9.58. The van der Waals surface area contributed by atoms with Gasteiger partial charge >= 0.3 is 0 Å². The van der Waals surface area contributed by atoms with Crippen molar-refractivity contribution >= 4 is 29.2 Å². The molecule has 1 aromatic heterocycles. The molecule has 0 aliphatic carbocycles. The molecule has 2 rings (SSSR count). The maximum atomic E-state index is 6.31. The zero-order chi connectivity index (χ0) is 19.3. The maximum absolute atomic E-state index is 6.31. The molecule has 0 aliphatic rings. The molecule has 0 aliphatic heterocycles. The van der Waals surface area contributed by atoms with Gasteiger partial charge in [-0.25, -0.2) is 0 Å². The second-order valence-corrected chi connectivity index (χ2v) is 7.16. The number of hydrogen-bond acceptors (Lipinski definition) is 2. The smallest absolute Gasteiger partial charge is 0.191 e. The van der Waals surface area contributed by atoms with Gasteiger partial charge in [0.25, 0.3) is 0 Å². The van der Waals surface area contributed by atoms with Crippen LogP contribution in [0.25, 0.3) is 0 Å². The van der Waals surface area contributed by atoms with Gasteiger partial charge in [-0.15, -0.1) is 0 Å². The number of halogens is 2. The second kappa shape index (κ2) is 9.28. The first-order chi connectivity index (χ1) is 12.3. The van der Waals surface area contributed by atoms with Crippen molar-refractivity contribution in [2.24, 2.45) is 12.0 Å². The monoisotopic (exact) mass is 395 g/mol. The third-order valence-corrected chi connectivity index (χ3v) is 4.98. The van der Waals surface area contributed by atoms with E-state index in [2.05, 4.69) is 29.6 Å². The van der Waals surface area contributed by atoms with E-state index in [0.29, 0.717) is 16.6 Å². The Morgan fingerprint density at radius 2 is 2.04 bits per heavy atom. The highest BCUT2D eigenvalue weighted by molar-refractivity contribution is 6.35. The number of hydrogen-bond donors (Lipinski definition) is 2. The van der Waals surface area contributed by atoms with Gasteiger partial charge in [-0.2, -0.15) is 5.10 Å². The van der Waals surface area contributed by atoms with Gasteiger partial charge in [-0.3, -0.25) is 9.67 Å². The summed E-state index contributed by atoms with van der Waals surface area (Å²) in [5, 5.41) is 12.4. The van der Waals surface area contributed by atoms with Crippen LogP contribution in [0.2, 0.25) is 10.0 Å². The highest BCUT2D eigenvalue weighted by Crippen LogP contribution is 2.26. The summed E-state index contributed by atoms with van der Waals surface area (Å²) in [6.07, 6.45) is 0.859. The standard InChI is InChI=1S/C19H27Cl2N5/c1-6-22-19(23-10-9-16-13(3)25-26(5)14(16)4)24-12(2)17-8-7-15(20)11-18(17)21/h7-8,11-12H,6,9-10H2,1-5H3,(H2,22,23,24). The zero-order valence-electron chi connectivity index (χ0n) is 16.0. The zero-order valence-corrected chi connectivity index (χ0v) is 17.5. The van der Waals surface area contributed by atoms with Gasteiger partial charge in [0.05, 0.1) is 11.7 Å².